The van der Waals surface area contributed by atoms with Gasteiger partial charge in [0, 0.05) is 24.2 Å². The number of fused-ring (bicyclic) bond motifs is 3. The van der Waals surface area contributed by atoms with E-state index in [1.54, 1.807) is 18.2 Å². The van der Waals surface area contributed by atoms with E-state index >= 15 is 0 Å². The number of carbonyl (C=O) groups is 2. The first-order chi connectivity index (χ1) is 15.1. The topological polar surface area (TPSA) is 97.6 Å². The Kier molecular flexibility index (Phi) is 4.99. The van der Waals surface area contributed by atoms with Gasteiger partial charge in [0.05, 0.1) is 23.7 Å². The van der Waals surface area contributed by atoms with Crippen molar-refractivity contribution < 1.29 is 33.3 Å². The fraction of sp³-hybridized carbons (Fsp3) is 0.286. The minimum Gasteiger partial charge on any atom is -0.486 e. The van der Waals surface area contributed by atoms with Gasteiger partial charge in [-0.2, -0.15) is 4.99 Å². The fourth-order valence-corrected chi connectivity index (χ4v) is 4.46. The minimum absolute atomic E-state index is 0.141. The SMILES string of the molecule is COC(=O)CCn1c(=NC(=O)c2ccc3c(c2)OCCO3)sc2cc3c(cc21)OCO3. The van der Waals surface area contributed by atoms with Gasteiger partial charge in [-0.3, -0.25) is 9.59 Å². The number of nitrogens with zero attached hydrogens (tertiary/aromatic N) is 2. The minimum atomic E-state index is -0.421. The molecule has 2 aliphatic heterocycles. The molecule has 3 aromatic rings. The zero-order valence-corrected chi connectivity index (χ0v) is 17.4. The Morgan fingerprint density at radius 2 is 1.77 bits per heavy atom. The van der Waals surface area contributed by atoms with Gasteiger partial charge >= 0.3 is 5.97 Å². The summed E-state index contributed by atoms with van der Waals surface area (Å²) in [5.41, 5.74) is 1.18. The van der Waals surface area contributed by atoms with Crippen molar-refractivity contribution >= 4 is 33.4 Å². The second-order valence-electron chi connectivity index (χ2n) is 6.81. The van der Waals surface area contributed by atoms with Crippen LogP contribution in [0.25, 0.3) is 10.2 Å². The van der Waals surface area contributed by atoms with Crippen LogP contribution in [0.4, 0.5) is 0 Å². The van der Waals surface area contributed by atoms with Gasteiger partial charge in [0.25, 0.3) is 5.91 Å². The first-order valence-corrected chi connectivity index (χ1v) is 10.4. The van der Waals surface area contributed by atoms with Crippen LogP contribution in [-0.4, -0.2) is 43.6 Å². The van der Waals surface area contributed by atoms with Crippen molar-refractivity contribution in [1.29, 1.82) is 0 Å². The number of methoxy groups -OCH3 is 1. The molecule has 160 valence electrons. The highest BCUT2D eigenvalue weighted by molar-refractivity contribution is 7.16. The average Bonchev–Trinajstić information content (AvgIpc) is 3.38. The zero-order valence-electron chi connectivity index (χ0n) is 16.6. The number of aryl methyl sites for hydroxylation is 1. The number of esters is 1. The molecule has 2 aromatic carbocycles. The third kappa shape index (κ3) is 3.70. The van der Waals surface area contributed by atoms with Crippen LogP contribution in [0.1, 0.15) is 16.8 Å². The number of ether oxygens (including phenoxy) is 5. The summed E-state index contributed by atoms with van der Waals surface area (Å²) in [4.78, 5) is 29.4. The van der Waals surface area contributed by atoms with E-state index < -0.39 is 5.91 Å². The molecule has 5 rings (SSSR count). The molecule has 0 unspecified atom stereocenters. The molecule has 1 aromatic heterocycles. The molecule has 0 saturated carbocycles. The predicted octanol–water partition coefficient (Wildman–Crippen LogP) is 2.51. The summed E-state index contributed by atoms with van der Waals surface area (Å²) < 4.78 is 29.4. The van der Waals surface area contributed by atoms with Gasteiger partial charge in [0.1, 0.15) is 13.2 Å². The Hall–Kier alpha value is -3.53. The number of amides is 1. The Bertz CT molecular complexity index is 1260. The lowest BCUT2D eigenvalue weighted by Crippen LogP contribution is -2.19. The lowest BCUT2D eigenvalue weighted by molar-refractivity contribution is -0.140. The van der Waals surface area contributed by atoms with E-state index in [2.05, 4.69) is 4.99 Å². The first-order valence-electron chi connectivity index (χ1n) is 9.61. The highest BCUT2D eigenvalue weighted by atomic mass is 32.1. The molecule has 0 spiro atoms. The number of hydrogen-bond donors (Lipinski definition) is 0. The third-order valence-electron chi connectivity index (χ3n) is 4.93. The lowest BCUT2D eigenvalue weighted by atomic mass is 10.2. The highest BCUT2D eigenvalue weighted by Gasteiger charge is 2.19. The number of carbonyl (C=O) groups excluding carboxylic acids is 2. The van der Waals surface area contributed by atoms with Gasteiger partial charge in [-0.1, -0.05) is 11.3 Å². The van der Waals surface area contributed by atoms with Crippen molar-refractivity contribution in [2.75, 3.05) is 27.1 Å². The molecule has 0 radical (unpaired) electrons. The maximum absolute atomic E-state index is 12.9. The number of aromatic nitrogens is 1. The molecule has 31 heavy (non-hydrogen) atoms. The summed E-state index contributed by atoms with van der Waals surface area (Å²) in [7, 11) is 1.34. The Balaban J connectivity index is 1.56. The number of thiazole rings is 1. The monoisotopic (exact) mass is 442 g/mol. The average molecular weight is 442 g/mol. The third-order valence-corrected chi connectivity index (χ3v) is 5.97. The molecule has 2 aliphatic rings. The fourth-order valence-electron chi connectivity index (χ4n) is 3.39. The molecular formula is C21H18N2O7S. The molecule has 3 heterocycles. The summed E-state index contributed by atoms with van der Waals surface area (Å²) in [5.74, 6) is 1.60. The van der Waals surface area contributed by atoms with Crippen LogP contribution in [0.3, 0.4) is 0 Å². The Morgan fingerprint density at radius 3 is 2.58 bits per heavy atom. The summed E-state index contributed by atoms with van der Waals surface area (Å²) in [6, 6.07) is 8.67. The van der Waals surface area contributed by atoms with Crippen LogP contribution in [0.15, 0.2) is 35.3 Å². The van der Waals surface area contributed by atoms with Crippen LogP contribution < -0.4 is 23.7 Å². The zero-order chi connectivity index (χ0) is 21.4. The molecule has 0 aliphatic carbocycles. The molecule has 0 atom stereocenters. The maximum Gasteiger partial charge on any atom is 0.307 e. The van der Waals surface area contributed by atoms with Crippen LogP contribution in [0.2, 0.25) is 0 Å². The highest BCUT2D eigenvalue weighted by Crippen LogP contribution is 2.37. The summed E-state index contributed by atoms with van der Waals surface area (Å²) in [6.45, 7) is 1.37. The molecule has 0 bridgehead atoms. The summed E-state index contributed by atoms with van der Waals surface area (Å²) in [5, 5.41) is 0. The van der Waals surface area contributed by atoms with E-state index in [-0.39, 0.29) is 19.2 Å². The lowest BCUT2D eigenvalue weighted by Gasteiger charge is -2.18. The van der Waals surface area contributed by atoms with Gasteiger partial charge < -0.3 is 28.3 Å². The largest absolute Gasteiger partial charge is 0.486 e. The summed E-state index contributed by atoms with van der Waals surface area (Å²) >= 11 is 1.33. The molecule has 1 amide bonds. The van der Waals surface area contributed by atoms with E-state index in [0.717, 1.165) is 10.2 Å². The van der Waals surface area contributed by atoms with Crippen molar-refractivity contribution in [3.63, 3.8) is 0 Å². The normalized spacial score (nSPS) is 14.7. The van der Waals surface area contributed by atoms with Crippen LogP contribution in [0.5, 0.6) is 23.0 Å². The second kappa shape index (κ2) is 7.95. The van der Waals surface area contributed by atoms with Crippen LogP contribution in [0, 0.1) is 0 Å². The predicted molar refractivity (Wildman–Crippen MR) is 110 cm³/mol. The van der Waals surface area contributed by atoms with E-state index in [1.165, 1.54) is 18.4 Å². The van der Waals surface area contributed by atoms with Crippen molar-refractivity contribution in [2.45, 2.75) is 13.0 Å². The van der Waals surface area contributed by atoms with E-state index in [0.29, 0.717) is 53.1 Å². The van der Waals surface area contributed by atoms with Gasteiger partial charge in [-0.15, -0.1) is 0 Å². The van der Waals surface area contributed by atoms with Crippen molar-refractivity contribution in [2.24, 2.45) is 4.99 Å². The molecule has 0 N–H and O–H groups in total. The quantitative estimate of drug-likeness (QED) is 0.573. The van der Waals surface area contributed by atoms with Crippen molar-refractivity contribution in [3.05, 3.63) is 40.7 Å². The van der Waals surface area contributed by atoms with E-state index in [4.69, 9.17) is 23.7 Å². The van der Waals surface area contributed by atoms with Gasteiger partial charge in [-0.05, 0) is 18.2 Å². The Labute approximate surface area is 180 Å². The summed E-state index contributed by atoms with van der Waals surface area (Å²) in [6.07, 6.45) is 0.141. The molecule has 10 heteroatoms. The molecule has 0 saturated heterocycles. The number of benzene rings is 2. The Morgan fingerprint density at radius 1 is 1.03 bits per heavy atom. The van der Waals surface area contributed by atoms with Gasteiger partial charge in [0.15, 0.2) is 27.8 Å². The van der Waals surface area contributed by atoms with E-state index in [1.807, 2.05) is 16.7 Å². The standard InChI is InChI=1S/C21H18N2O7S/c1-26-19(24)4-5-23-13-9-16-17(30-11-29-16)10-18(13)31-21(23)22-20(25)12-2-3-14-15(8-12)28-7-6-27-14/h2-3,8-10H,4-7,11H2,1H3. The maximum atomic E-state index is 12.9. The van der Waals surface area contributed by atoms with Crippen LogP contribution >= 0.6 is 11.3 Å². The second-order valence-corrected chi connectivity index (χ2v) is 7.82. The van der Waals surface area contributed by atoms with Gasteiger partial charge in [-0.25, -0.2) is 0 Å². The van der Waals surface area contributed by atoms with Crippen LogP contribution in [-0.2, 0) is 16.1 Å². The smallest absolute Gasteiger partial charge is 0.307 e. The number of rotatable bonds is 4. The number of hydrogen-bond acceptors (Lipinski definition) is 8. The first kappa shape index (κ1) is 19.4. The van der Waals surface area contributed by atoms with Crippen molar-refractivity contribution in [1.82, 2.24) is 4.57 Å². The van der Waals surface area contributed by atoms with Crippen molar-refractivity contribution in [3.8, 4) is 23.0 Å². The van der Waals surface area contributed by atoms with E-state index in [9.17, 15) is 9.59 Å². The van der Waals surface area contributed by atoms with Gasteiger partial charge in [0.2, 0.25) is 6.79 Å². The molecular weight excluding hydrogens is 424 g/mol. The molecule has 9 nitrogen and oxygen atoms in total. The molecule has 0 fully saturated rings.